The monoisotopic (exact) mass is 229 g/mol. The van der Waals surface area contributed by atoms with Crippen molar-refractivity contribution in [3.63, 3.8) is 0 Å². The van der Waals surface area contributed by atoms with Crippen molar-refractivity contribution in [2.45, 2.75) is 40.2 Å². The molecule has 0 bridgehead atoms. The Morgan fingerprint density at radius 3 is 2.25 bits per heavy atom. The zero-order valence-corrected chi connectivity index (χ0v) is 10.4. The molecule has 0 aliphatic rings. The molecule has 1 N–H and O–H groups in total. The molecule has 0 heterocycles. The SMILES string of the molecule is CC(C)C=CC(=O)ONC(=O)OC(C)(C)C. The van der Waals surface area contributed by atoms with Crippen LogP contribution in [0.1, 0.15) is 34.6 Å². The maximum atomic E-state index is 11.1. The molecule has 5 nitrogen and oxygen atoms in total. The van der Waals surface area contributed by atoms with E-state index in [2.05, 4.69) is 4.84 Å². The van der Waals surface area contributed by atoms with Gasteiger partial charge in [0.25, 0.3) is 0 Å². The number of hydroxylamine groups is 1. The van der Waals surface area contributed by atoms with Gasteiger partial charge in [-0.1, -0.05) is 19.9 Å². The van der Waals surface area contributed by atoms with Crippen LogP contribution < -0.4 is 5.48 Å². The van der Waals surface area contributed by atoms with Crippen LogP contribution in [0.25, 0.3) is 0 Å². The van der Waals surface area contributed by atoms with E-state index in [1.165, 1.54) is 6.08 Å². The van der Waals surface area contributed by atoms with Gasteiger partial charge in [-0.25, -0.2) is 9.59 Å². The summed E-state index contributed by atoms with van der Waals surface area (Å²) in [4.78, 5) is 26.6. The van der Waals surface area contributed by atoms with Crippen LogP contribution >= 0.6 is 0 Å². The van der Waals surface area contributed by atoms with Crippen molar-refractivity contribution < 1.29 is 19.2 Å². The number of hydrogen-bond donors (Lipinski definition) is 1. The topological polar surface area (TPSA) is 64.6 Å². The van der Waals surface area contributed by atoms with Crippen LogP contribution in [-0.4, -0.2) is 17.7 Å². The highest BCUT2D eigenvalue weighted by atomic mass is 16.7. The average molecular weight is 229 g/mol. The number of carbonyl (C=O) groups is 2. The summed E-state index contributed by atoms with van der Waals surface area (Å²) in [5.74, 6) is -0.395. The summed E-state index contributed by atoms with van der Waals surface area (Å²) in [5.41, 5.74) is 1.28. The van der Waals surface area contributed by atoms with Crippen LogP contribution in [0.3, 0.4) is 0 Å². The highest BCUT2D eigenvalue weighted by Crippen LogP contribution is 2.06. The minimum atomic E-state index is -0.793. The van der Waals surface area contributed by atoms with Crippen molar-refractivity contribution in [1.29, 1.82) is 0 Å². The third-order valence-electron chi connectivity index (χ3n) is 1.25. The van der Waals surface area contributed by atoms with E-state index < -0.39 is 17.7 Å². The molecule has 16 heavy (non-hydrogen) atoms. The number of rotatable bonds is 2. The molecule has 0 radical (unpaired) electrons. The van der Waals surface area contributed by atoms with Crippen LogP contribution in [0, 0.1) is 5.92 Å². The van der Waals surface area contributed by atoms with Crippen LogP contribution in [0.4, 0.5) is 4.79 Å². The Hall–Kier alpha value is -1.52. The Labute approximate surface area is 95.8 Å². The molecule has 0 rings (SSSR count). The van der Waals surface area contributed by atoms with E-state index in [0.717, 1.165) is 0 Å². The lowest BCUT2D eigenvalue weighted by molar-refractivity contribution is -0.144. The van der Waals surface area contributed by atoms with Crippen molar-refractivity contribution in [1.82, 2.24) is 5.48 Å². The Kier molecular flexibility index (Phi) is 5.56. The largest absolute Gasteiger partial charge is 0.442 e. The Morgan fingerprint density at radius 2 is 1.81 bits per heavy atom. The van der Waals surface area contributed by atoms with E-state index in [9.17, 15) is 9.59 Å². The van der Waals surface area contributed by atoms with Crippen LogP contribution in [0.2, 0.25) is 0 Å². The first kappa shape index (κ1) is 14.5. The summed E-state index contributed by atoms with van der Waals surface area (Å²) in [6.45, 7) is 8.99. The van der Waals surface area contributed by atoms with Crippen molar-refractivity contribution in [2.75, 3.05) is 0 Å². The zero-order valence-electron chi connectivity index (χ0n) is 10.4. The third kappa shape index (κ3) is 9.05. The lowest BCUT2D eigenvalue weighted by atomic mass is 10.2. The number of amides is 1. The molecule has 0 fully saturated rings. The predicted molar refractivity (Wildman–Crippen MR) is 59.4 cm³/mol. The van der Waals surface area contributed by atoms with E-state index in [0.29, 0.717) is 0 Å². The van der Waals surface area contributed by atoms with Gasteiger partial charge in [-0.3, -0.25) is 0 Å². The molecule has 0 unspecified atom stereocenters. The summed E-state index contributed by atoms with van der Waals surface area (Å²) in [7, 11) is 0. The zero-order chi connectivity index (χ0) is 12.8. The van der Waals surface area contributed by atoms with Crippen LogP contribution in [0.15, 0.2) is 12.2 Å². The van der Waals surface area contributed by atoms with Gasteiger partial charge in [0, 0.05) is 6.08 Å². The first-order chi connectivity index (χ1) is 7.20. The standard InChI is InChI=1S/C11H19NO4/c1-8(2)6-7-9(13)16-12-10(14)15-11(3,4)5/h6-8H,1-5H3,(H,12,14). The maximum absolute atomic E-state index is 11.1. The third-order valence-corrected chi connectivity index (χ3v) is 1.25. The molecule has 0 aromatic heterocycles. The molecule has 92 valence electrons. The molecule has 0 saturated heterocycles. The molecular weight excluding hydrogens is 210 g/mol. The van der Waals surface area contributed by atoms with E-state index in [4.69, 9.17) is 4.74 Å². The molecule has 0 spiro atoms. The van der Waals surface area contributed by atoms with Crippen molar-refractivity contribution in [3.8, 4) is 0 Å². The number of allylic oxidation sites excluding steroid dienone is 1. The van der Waals surface area contributed by atoms with Crippen molar-refractivity contribution in [2.24, 2.45) is 5.92 Å². The summed E-state index contributed by atoms with van der Waals surface area (Å²) in [6.07, 6.45) is 2.13. The van der Waals surface area contributed by atoms with E-state index in [1.54, 1.807) is 26.8 Å². The second-order valence-corrected chi connectivity index (χ2v) is 4.63. The molecule has 0 aliphatic heterocycles. The fourth-order valence-corrected chi connectivity index (χ4v) is 0.696. The molecule has 0 aliphatic carbocycles. The summed E-state index contributed by atoms with van der Waals surface area (Å²) < 4.78 is 4.86. The van der Waals surface area contributed by atoms with Gasteiger partial charge in [0.05, 0.1) is 0 Å². The molecular formula is C11H19NO4. The second kappa shape index (κ2) is 6.15. The first-order valence-corrected chi connectivity index (χ1v) is 5.08. The van der Waals surface area contributed by atoms with Crippen LogP contribution in [0.5, 0.6) is 0 Å². The van der Waals surface area contributed by atoms with Crippen molar-refractivity contribution >= 4 is 12.1 Å². The fraction of sp³-hybridized carbons (Fsp3) is 0.636. The summed E-state index contributed by atoms with van der Waals surface area (Å²) >= 11 is 0. The minimum Gasteiger partial charge on any atom is -0.442 e. The van der Waals surface area contributed by atoms with Gasteiger partial charge in [0.2, 0.25) is 0 Å². The Balaban J connectivity index is 3.89. The molecule has 5 heteroatoms. The van der Waals surface area contributed by atoms with Gasteiger partial charge in [0.1, 0.15) is 5.60 Å². The van der Waals surface area contributed by atoms with E-state index in [1.807, 2.05) is 19.3 Å². The summed E-state index contributed by atoms with van der Waals surface area (Å²) in [6, 6.07) is 0. The quantitative estimate of drug-likeness (QED) is 0.582. The lowest BCUT2D eigenvalue weighted by Gasteiger charge is -2.18. The van der Waals surface area contributed by atoms with Gasteiger partial charge in [-0.2, -0.15) is 0 Å². The minimum absolute atomic E-state index is 0.245. The first-order valence-electron chi connectivity index (χ1n) is 5.08. The normalized spacial score (nSPS) is 11.6. The second-order valence-electron chi connectivity index (χ2n) is 4.63. The highest BCUT2D eigenvalue weighted by Gasteiger charge is 2.16. The fourth-order valence-electron chi connectivity index (χ4n) is 0.696. The number of hydrogen-bond acceptors (Lipinski definition) is 4. The molecule has 0 aromatic rings. The maximum Gasteiger partial charge on any atom is 0.441 e. The molecule has 0 atom stereocenters. The summed E-state index contributed by atoms with van der Waals surface area (Å²) in [5, 5.41) is 0. The predicted octanol–water partition coefficient (Wildman–Crippen LogP) is 2.18. The molecule has 0 saturated carbocycles. The van der Waals surface area contributed by atoms with Gasteiger partial charge in [-0.05, 0) is 26.7 Å². The number of carbonyl (C=O) groups excluding carboxylic acids is 2. The lowest BCUT2D eigenvalue weighted by Crippen LogP contribution is -2.33. The number of nitrogens with one attached hydrogen (secondary N) is 1. The van der Waals surface area contributed by atoms with Gasteiger partial charge in [-0.15, -0.1) is 5.48 Å². The molecule has 0 aromatic carbocycles. The highest BCUT2D eigenvalue weighted by molar-refractivity contribution is 5.83. The smallest absolute Gasteiger partial charge is 0.441 e. The Morgan fingerprint density at radius 1 is 1.25 bits per heavy atom. The average Bonchev–Trinajstić information content (AvgIpc) is 2.08. The van der Waals surface area contributed by atoms with E-state index in [-0.39, 0.29) is 5.92 Å². The number of ether oxygens (including phenoxy) is 1. The van der Waals surface area contributed by atoms with Gasteiger partial charge >= 0.3 is 12.1 Å². The molecule has 1 amide bonds. The van der Waals surface area contributed by atoms with E-state index >= 15 is 0 Å². The van der Waals surface area contributed by atoms with Gasteiger partial charge in [0.15, 0.2) is 0 Å². The van der Waals surface area contributed by atoms with Gasteiger partial charge < -0.3 is 9.57 Å². The Bertz CT molecular complexity index is 276. The van der Waals surface area contributed by atoms with Crippen LogP contribution in [-0.2, 0) is 14.4 Å². The van der Waals surface area contributed by atoms with Crippen molar-refractivity contribution in [3.05, 3.63) is 12.2 Å².